The fourth-order valence-corrected chi connectivity index (χ4v) is 1.13. The van der Waals surface area contributed by atoms with E-state index in [1.54, 1.807) is 6.07 Å². The van der Waals surface area contributed by atoms with E-state index in [9.17, 15) is 4.39 Å². The van der Waals surface area contributed by atoms with Gasteiger partial charge in [0.2, 0.25) is 0 Å². The van der Waals surface area contributed by atoms with Crippen molar-refractivity contribution >= 4 is 6.08 Å². The molecular weight excluding hydrogens is 181 g/mol. The Hall–Kier alpha value is -1.35. The Bertz CT molecular complexity index is 347. The third-order valence-electron chi connectivity index (χ3n) is 1.86. The third-order valence-corrected chi connectivity index (χ3v) is 1.86. The first-order valence-corrected chi connectivity index (χ1v) is 4.37. The van der Waals surface area contributed by atoms with Gasteiger partial charge in [-0.25, -0.2) is 4.39 Å². The number of nitrogens with two attached hydrogens (primary N) is 1. The lowest BCUT2D eigenvalue weighted by atomic mass is 10.1. The lowest BCUT2D eigenvalue weighted by Crippen LogP contribution is -1.99. The predicted octanol–water partition coefficient (Wildman–Crippen LogP) is 2.20. The van der Waals surface area contributed by atoms with Crippen LogP contribution in [0.25, 0.3) is 6.08 Å². The molecule has 0 fully saturated rings. The van der Waals surface area contributed by atoms with Gasteiger partial charge in [-0.3, -0.25) is 0 Å². The van der Waals surface area contributed by atoms with E-state index < -0.39 is 0 Å². The molecule has 0 aliphatic carbocycles. The molecule has 0 amide bonds. The average molecular weight is 195 g/mol. The van der Waals surface area contributed by atoms with Gasteiger partial charge < -0.3 is 10.5 Å². The van der Waals surface area contributed by atoms with E-state index >= 15 is 0 Å². The van der Waals surface area contributed by atoms with Crippen LogP contribution in [0.1, 0.15) is 12.5 Å². The maximum absolute atomic E-state index is 13.0. The smallest absolute Gasteiger partial charge is 0.127 e. The molecule has 2 nitrogen and oxygen atoms in total. The zero-order valence-electron chi connectivity index (χ0n) is 8.38. The molecule has 1 rings (SSSR count). The molecule has 1 aromatic carbocycles. The molecule has 0 aliphatic heterocycles. The second-order valence-corrected chi connectivity index (χ2v) is 3.12. The van der Waals surface area contributed by atoms with Crippen LogP contribution in [0.15, 0.2) is 23.8 Å². The van der Waals surface area contributed by atoms with Crippen molar-refractivity contribution in [2.75, 3.05) is 13.7 Å². The van der Waals surface area contributed by atoms with Gasteiger partial charge in [-0.05, 0) is 24.6 Å². The topological polar surface area (TPSA) is 35.2 Å². The molecular formula is C11H14FNO. The summed E-state index contributed by atoms with van der Waals surface area (Å²) in [5.41, 5.74) is 7.20. The molecule has 76 valence electrons. The van der Waals surface area contributed by atoms with Crippen LogP contribution in [0.4, 0.5) is 4.39 Å². The fourth-order valence-electron chi connectivity index (χ4n) is 1.13. The molecule has 0 radical (unpaired) electrons. The lowest BCUT2D eigenvalue weighted by molar-refractivity contribution is 0.411. The summed E-state index contributed by atoms with van der Waals surface area (Å²) in [6.07, 6.45) is 1.84. The van der Waals surface area contributed by atoms with Crippen molar-refractivity contribution in [2.45, 2.75) is 6.92 Å². The van der Waals surface area contributed by atoms with Crippen LogP contribution < -0.4 is 10.5 Å². The first-order chi connectivity index (χ1) is 6.65. The average Bonchev–Trinajstić information content (AvgIpc) is 2.16. The minimum absolute atomic E-state index is 0.305. The SMILES string of the molecule is COc1cc(F)cc(/C=C(/C)CN)c1. The molecule has 3 heteroatoms. The van der Waals surface area contributed by atoms with Crippen molar-refractivity contribution < 1.29 is 9.13 Å². The second-order valence-electron chi connectivity index (χ2n) is 3.12. The number of ether oxygens (including phenoxy) is 1. The van der Waals surface area contributed by atoms with Crippen molar-refractivity contribution in [1.82, 2.24) is 0 Å². The van der Waals surface area contributed by atoms with Crippen molar-refractivity contribution in [3.63, 3.8) is 0 Å². The fraction of sp³-hybridized carbons (Fsp3) is 0.273. The van der Waals surface area contributed by atoms with Crippen LogP contribution in [-0.2, 0) is 0 Å². The summed E-state index contributed by atoms with van der Waals surface area (Å²) in [6, 6.07) is 4.55. The number of benzene rings is 1. The van der Waals surface area contributed by atoms with Gasteiger partial charge in [-0.15, -0.1) is 0 Å². The van der Waals surface area contributed by atoms with Crippen LogP contribution in [0.2, 0.25) is 0 Å². The minimum Gasteiger partial charge on any atom is -0.497 e. The summed E-state index contributed by atoms with van der Waals surface area (Å²) in [4.78, 5) is 0. The molecule has 0 aromatic heterocycles. The van der Waals surface area contributed by atoms with E-state index in [4.69, 9.17) is 10.5 Å². The van der Waals surface area contributed by atoms with Crippen molar-refractivity contribution in [1.29, 1.82) is 0 Å². The minimum atomic E-state index is -0.305. The van der Waals surface area contributed by atoms with E-state index in [0.29, 0.717) is 12.3 Å². The quantitative estimate of drug-likeness (QED) is 0.802. The lowest BCUT2D eigenvalue weighted by Gasteiger charge is -2.02. The molecule has 0 unspecified atom stereocenters. The van der Waals surface area contributed by atoms with E-state index in [-0.39, 0.29) is 5.82 Å². The summed E-state index contributed by atoms with van der Waals surface area (Å²) >= 11 is 0. The van der Waals surface area contributed by atoms with Crippen molar-refractivity contribution in [2.24, 2.45) is 5.73 Å². The maximum Gasteiger partial charge on any atom is 0.127 e. The molecule has 0 heterocycles. The van der Waals surface area contributed by atoms with Crippen LogP contribution >= 0.6 is 0 Å². The molecule has 0 saturated heterocycles. The zero-order valence-corrected chi connectivity index (χ0v) is 8.38. The summed E-state index contributed by atoms with van der Waals surface area (Å²) in [5.74, 6) is 0.210. The number of hydrogen-bond donors (Lipinski definition) is 1. The summed E-state index contributed by atoms with van der Waals surface area (Å²) in [6.45, 7) is 2.37. The molecule has 0 spiro atoms. The molecule has 0 aliphatic rings. The normalized spacial score (nSPS) is 11.6. The highest BCUT2D eigenvalue weighted by Gasteiger charge is 1.98. The molecule has 0 atom stereocenters. The van der Waals surface area contributed by atoms with E-state index in [0.717, 1.165) is 11.1 Å². The van der Waals surface area contributed by atoms with Gasteiger partial charge >= 0.3 is 0 Å². The number of hydrogen-bond acceptors (Lipinski definition) is 2. The highest BCUT2D eigenvalue weighted by molar-refractivity contribution is 5.54. The maximum atomic E-state index is 13.0. The Balaban J connectivity index is 3.03. The summed E-state index contributed by atoms with van der Waals surface area (Å²) in [5, 5.41) is 0. The van der Waals surface area contributed by atoms with Gasteiger partial charge in [0.1, 0.15) is 11.6 Å². The highest BCUT2D eigenvalue weighted by Crippen LogP contribution is 2.17. The Morgan fingerprint density at radius 1 is 1.50 bits per heavy atom. The molecule has 0 bridgehead atoms. The number of rotatable bonds is 3. The van der Waals surface area contributed by atoms with Gasteiger partial charge in [-0.2, -0.15) is 0 Å². The number of methoxy groups -OCH3 is 1. The summed E-state index contributed by atoms with van der Waals surface area (Å²) < 4.78 is 18.0. The predicted molar refractivity (Wildman–Crippen MR) is 55.7 cm³/mol. The van der Waals surface area contributed by atoms with E-state index in [2.05, 4.69) is 0 Å². The Morgan fingerprint density at radius 3 is 2.79 bits per heavy atom. The summed E-state index contributed by atoms with van der Waals surface area (Å²) in [7, 11) is 1.51. The standard InChI is InChI=1S/C11H14FNO/c1-8(7-13)3-9-4-10(12)6-11(5-9)14-2/h3-6H,7,13H2,1-2H3/b8-3-. The first kappa shape index (κ1) is 10.7. The first-order valence-electron chi connectivity index (χ1n) is 4.37. The van der Waals surface area contributed by atoms with E-state index in [1.807, 2.05) is 13.0 Å². The van der Waals surface area contributed by atoms with Crippen LogP contribution in [0.3, 0.4) is 0 Å². The van der Waals surface area contributed by atoms with Gasteiger partial charge in [-0.1, -0.05) is 11.6 Å². The van der Waals surface area contributed by atoms with E-state index in [1.165, 1.54) is 19.2 Å². The molecule has 14 heavy (non-hydrogen) atoms. The van der Waals surface area contributed by atoms with Gasteiger partial charge in [0.15, 0.2) is 0 Å². The molecule has 2 N–H and O–H groups in total. The van der Waals surface area contributed by atoms with Crippen LogP contribution in [0, 0.1) is 5.82 Å². The van der Waals surface area contributed by atoms with Gasteiger partial charge in [0.05, 0.1) is 7.11 Å². The molecule has 0 saturated carbocycles. The highest BCUT2D eigenvalue weighted by atomic mass is 19.1. The largest absolute Gasteiger partial charge is 0.497 e. The third kappa shape index (κ3) is 2.85. The Morgan fingerprint density at radius 2 is 2.21 bits per heavy atom. The van der Waals surface area contributed by atoms with Crippen LogP contribution in [-0.4, -0.2) is 13.7 Å². The van der Waals surface area contributed by atoms with Gasteiger partial charge in [0.25, 0.3) is 0 Å². The monoisotopic (exact) mass is 195 g/mol. The Labute approximate surface area is 83.2 Å². The van der Waals surface area contributed by atoms with Crippen LogP contribution in [0.5, 0.6) is 5.75 Å². The van der Waals surface area contributed by atoms with Crippen molar-refractivity contribution in [3.8, 4) is 5.75 Å². The zero-order chi connectivity index (χ0) is 10.6. The Kier molecular flexibility index (Phi) is 3.65. The number of halogens is 1. The second kappa shape index (κ2) is 4.77. The van der Waals surface area contributed by atoms with Gasteiger partial charge in [0, 0.05) is 12.6 Å². The van der Waals surface area contributed by atoms with Crippen molar-refractivity contribution in [3.05, 3.63) is 35.2 Å². The molecule has 1 aromatic rings.